The van der Waals surface area contributed by atoms with Gasteiger partial charge in [0.15, 0.2) is 44.0 Å². The second-order valence-electron chi connectivity index (χ2n) is 6.70. The summed E-state index contributed by atoms with van der Waals surface area (Å²) in [5.74, 6) is 0. The van der Waals surface area contributed by atoms with Gasteiger partial charge in [0.1, 0.15) is 0 Å². The van der Waals surface area contributed by atoms with E-state index in [9.17, 15) is 5.11 Å². The molecule has 2 aromatic rings. The molecule has 0 spiro atoms. The lowest BCUT2D eigenvalue weighted by atomic mass is 10.3. The standard InChI is InChI=1S/C17H26N4O.2ClHO4/c1-18(2)15-5-9-20(10-6-15)13-17(22)14-21-11-7-16(8-12-21)19(3)4;2*2-1(3,4)5/h5-12,17,22H,13-14H2,1-4H3;2*(H,2,3,4,5)/q+2;;/p-2. The van der Waals surface area contributed by atoms with E-state index in [1.165, 1.54) is 0 Å². The first-order valence-electron chi connectivity index (χ1n) is 8.70. The fourth-order valence-electron chi connectivity index (χ4n) is 2.28. The summed E-state index contributed by atoms with van der Waals surface area (Å²) < 4.78 is 72.0. The van der Waals surface area contributed by atoms with Crippen molar-refractivity contribution in [2.24, 2.45) is 0 Å². The molecule has 182 valence electrons. The third-order valence-corrected chi connectivity index (χ3v) is 3.62. The Bertz CT molecular complexity index is 690. The number of aliphatic hydroxyl groups excluding tert-OH is 1. The molecule has 1 N–H and O–H groups in total. The van der Waals surface area contributed by atoms with Gasteiger partial charge in [-0.3, -0.25) is 0 Å². The largest absolute Gasteiger partial charge is 0.381 e. The molecule has 0 aliphatic heterocycles. The van der Waals surface area contributed by atoms with Crippen molar-refractivity contribution in [1.29, 1.82) is 0 Å². The van der Waals surface area contributed by atoms with Crippen LogP contribution in [0.1, 0.15) is 0 Å². The van der Waals surface area contributed by atoms with Gasteiger partial charge in [0.2, 0.25) is 0 Å². The SMILES string of the molecule is CN(C)c1cc[n+](CC(O)C[n+]2ccc(N(C)C)cc2)cc1.[O-][Cl+3]([O-])([O-])[O-].[O-][Cl+3]([O-])([O-])[O-]. The van der Waals surface area contributed by atoms with Crippen LogP contribution < -0.4 is 56.2 Å². The number of anilines is 2. The zero-order valence-corrected chi connectivity index (χ0v) is 19.4. The Morgan fingerprint density at radius 3 is 1.06 bits per heavy atom. The summed E-state index contributed by atoms with van der Waals surface area (Å²) in [6.45, 7) is 1.16. The van der Waals surface area contributed by atoms with Crippen molar-refractivity contribution in [2.75, 3.05) is 38.0 Å². The predicted molar refractivity (Wildman–Crippen MR) is 87.9 cm³/mol. The first-order chi connectivity index (χ1) is 14.5. The molecular formula is C17H26Cl2N4O9. The van der Waals surface area contributed by atoms with Gasteiger partial charge < -0.3 is 14.9 Å². The fraction of sp³-hybridized carbons (Fsp3) is 0.412. The predicted octanol–water partition coefficient (Wildman–Crippen LogP) is -9.06. The fourth-order valence-corrected chi connectivity index (χ4v) is 2.28. The van der Waals surface area contributed by atoms with Crippen LogP contribution in [0.25, 0.3) is 0 Å². The van der Waals surface area contributed by atoms with E-state index in [2.05, 4.69) is 9.80 Å². The van der Waals surface area contributed by atoms with Crippen molar-refractivity contribution in [3.63, 3.8) is 0 Å². The Labute approximate surface area is 190 Å². The molecule has 0 radical (unpaired) electrons. The van der Waals surface area contributed by atoms with Crippen molar-refractivity contribution in [2.45, 2.75) is 19.2 Å². The minimum atomic E-state index is -4.94. The second-order valence-corrected chi connectivity index (χ2v) is 8.22. The van der Waals surface area contributed by atoms with E-state index < -0.39 is 26.6 Å². The van der Waals surface area contributed by atoms with Gasteiger partial charge in [0.05, 0.1) is 0 Å². The van der Waals surface area contributed by atoms with Gasteiger partial charge in [0, 0.05) is 63.8 Å². The zero-order chi connectivity index (χ0) is 25.1. The minimum Gasteiger partial charge on any atom is -0.381 e. The summed E-state index contributed by atoms with van der Waals surface area (Å²) in [7, 11) is -1.82. The maximum absolute atomic E-state index is 10.3. The quantitative estimate of drug-likeness (QED) is 0.366. The molecule has 0 fully saturated rings. The van der Waals surface area contributed by atoms with E-state index in [-0.39, 0.29) is 0 Å². The van der Waals surface area contributed by atoms with Crippen LogP contribution in [-0.4, -0.2) is 39.4 Å². The number of hydrogen-bond acceptors (Lipinski definition) is 11. The number of aromatic nitrogens is 2. The van der Waals surface area contributed by atoms with Crippen LogP contribution in [-0.2, 0) is 13.1 Å². The van der Waals surface area contributed by atoms with Crippen LogP contribution in [0.15, 0.2) is 49.1 Å². The van der Waals surface area contributed by atoms with E-state index in [0.29, 0.717) is 13.1 Å². The molecule has 0 unspecified atom stereocenters. The molecule has 13 nitrogen and oxygen atoms in total. The number of halogens is 2. The highest BCUT2D eigenvalue weighted by Gasteiger charge is 2.16. The molecule has 0 aliphatic carbocycles. The molecular weight excluding hydrogens is 475 g/mol. The third-order valence-electron chi connectivity index (χ3n) is 3.62. The van der Waals surface area contributed by atoms with Crippen molar-refractivity contribution >= 4 is 11.4 Å². The monoisotopic (exact) mass is 500 g/mol. The maximum atomic E-state index is 10.3. The number of aliphatic hydroxyl groups is 1. The number of rotatable bonds is 6. The zero-order valence-electron chi connectivity index (χ0n) is 17.9. The molecule has 0 atom stereocenters. The van der Waals surface area contributed by atoms with Crippen molar-refractivity contribution < 1.29 is 72.0 Å². The van der Waals surface area contributed by atoms with E-state index in [1.54, 1.807) is 0 Å². The molecule has 2 rings (SSSR count). The average Bonchev–Trinajstić information content (AvgIpc) is 2.59. The molecule has 0 aliphatic rings. The number of pyridine rings is 2. The van der Waals surface area contributed by atoms with Crippen LogP contribution >= 0.6 is 0 Å². The van der Waals surface area contributed by atoms with Crippen LogP contribution in [0.3, 0.4) is 0 Å². The first kappa shape index (κ1) is 30.1. The third kappa shape index (κ3) is 17.8. The highest BCUT2D eigenvalue weighted by atomic mass is 35.7. The average molecular weight is 501 g/mol. The summed E-state index contributed by atoms with van der Waals surface area (Å²) in [5.41, 5.74) is 2.30. The van der Waals surface area contributed by atoms with Gasteiger partial charge in [-0.05, 0) is 0 Å². The van der Waals surface area contributed by atoms with Crippen molar-refractivity contribution in [3.8, 4) is 0 Å². The Morgan fingerprint density at radius 1 is 0.656 bits per heavy atom. The lowest BCUT2D eigenvalue weighted by Crippen LogP contribution is -2.68. The molecule has 0 aromatic carbocycles. The Kier molecular flexibility index (Phi) is 12.8. The van der Waals surface area contributed by atoms with Crippen LogP contribution in [0.2, 0.25) is 0 Å². The highest BCUT2D eigenvalue weighted by molar-refractivity contribution is 5.42. The maximum Gasteiger partial charge on any atom is 0.180 e. The molecule has 15 heteroatoms. The van der Waals surface area contributed by atoms with Gasteiger partial charge in [-0.25, -0.2) is 46.4 Å². The van der Waals surface area contributed by atoms with E-state index in [1.807, 2.05) is 86.4 Å². The second kappa shape index (κ2) is 13.6. The molecule has 2 heterocycles. The van der Waals surface area contributed by atoms with Crippen LogP contribution in [0.5, 0.6) is 0 Å². The van der Waals surface area contributed by atoms with E-state index in [0.717, 1.165) is 11.4 Å². The highest BCUT2D eigenvalue weighted by Crippen LogP contribution is 2.07. The Hall–Kier alpha value is -1.88. The lowest BCUT2D eigenvalue weighted by molar-refractivity contribution is -2.00. The van der Waals surface area contributed by atoms with Gasteiger partial charge >= 0.3 is 0 Å². The minimum absolute atomic E-state index is 0.426. The van der Waals surface area contributed by atoms with Crippen molar-refractivity contribution in [3.05, 3.63) is 49.1 Å². The summed E-state index contributed by atoms with van der Waals surface area (Å²) in [6.07, 6.45) is 7.57. The molecule has 0 saturated carbocycles. The Morgan fingerprint density at radius 2 is 0.875 bits per heavy atom. The summed E-state index contributed by atoms with van der Waals surface area (Å²) in [5, 5.41) is 10.3. The van der Waals surface area contributed by atoms with Gasteiger partial charge in [-0.2, -0.15) is 0 Å². The first-order valence-corrected chi connectivity index (χ1v) is 11.2. The molecule has 0 bridgehead atoms. The Balaban J connectivity index is 0.000000805. The van der Waals surface area contributed by atoms with Crippen molar-refractivity contribution in [1.82, 2.24) is 0 Å². The van der Waals surface area contributed by atoms with Gasteiger partial charge in [0.25, 0.3) is 0 Å². The van der Waals surface area contributed by atoms with Gasteiger partial charge in [-0.15, -0.1) is 20.5 Å². The van der Waals surface area contributed by atoms with Crippen LogP contribution in [0.4, 0.5) is 11.4 Å². The van der Waals surface area contributed by atoms with Gasteiger partial charge in [-0.1, -0.05) is 0 Å². The lowest BCUT2D eigenvalue weighted by Gasteiger charge is -2.17. The van der Waals surface area contributed by atoms with Crippen LogP contribution in [0, 0.1) is 20.5 Å². The summed E-state index contributed by atoms with van der Waals surface area (Å²) >= 11 is 0. The molecule has 2 aromatic heterocycles. The van der Waals surface area contributed by atoms with E-state index >= 15 is 0 Å². The summed E-state index contributed by atoms with van der Waals surface area (Å²) in [4.78, 5) is 4.12. The summed E-state index contributed by atoms with van der Waals surface area (Å²) in [6, 6.07) is 8.19. The normalized spacial score (nSPS) is 11.2. The molecule has 0 saturated heterocycles. The molecule has 0 amide bonds. The number of nitrogens with zero attached hydrogens (tertiary/aromatic N) is 4. The molecule has 32 heavy (non-hydrogen) atoms. The van der Waals surface area contributed by atoms with E-state index in [4.69, 9.17) is 37.3 Å². The topological polar surface area (TPSA) is 219 Å². The number of hydrogen-bond donors (Lipinski definition) is 1. The smallest absolute Gasteiger partial charge is 0.180 e.